The quantitative estimate of drug-likeness (QED) is 0.771. The lowest BCUT2D eigenvalue weighted by atomic mass is 9.86. The van der Waals surface area contributed by atoms with Gasteiger partial charge < -0.3 is 16.2 Å². The minimum atomic E-state index is 0.139. The third-order valence-corrected chi connectivity index (χ3v) is 3.79. The minimum absolute atomic E-state index is 0.139. The van der Waals surface area contributed by atoms with E-state index in [-0.39, 0.29) is 23.6 Å². The van der Waals surface area contributed by atoms with Crippen LogP contribution in [0, 0.1) is 5.92 Å². The lowest BCUT2D eigenvalue weighted by Gasteiger charge is -2.25. The van der Waals surface area contributed by atoms with E-state index >= 15 is 0 Å². The molecule has 0 saturated heterocycles. The zero-order chi connectivity index (χ0) is 13.7. The maximum Gasteiger partial charge on any atom is 0.223 e. The van der Waals surface area contributed by atoms with Crippen LogP contribution in [0.4, 0.5) is 0 Å². The van der Waals surface area contributed by atoms with Crippen LogP contribution in [-0.4, -0.2) is 23.6 Å². The van der Waals surface area contributed by atoms with Crippen molar-refractivity contribution in [1.82, 2.24) is 5.32 Å². The first kappa shape index (κ1) is 13.9. The number of benzene rings is 1. The van der Waals surface area contributed by atoms with Gasteiger partial charge in [-0.25, -0.2) is 0 Å². The molecule has 2 rings (SSSR count). The van der Waals surface area contributed by atoms with Gasteiger partial charge in [-0.2, -0.15) is 0 Å². The molecule has 1 aliphatic rings. The maximum absolute atomic E-state index is 12.0. The van der Waals surface area contributed by atoms with Crippen molar-refractivity contribution in [2.75, 3.05) is 6.54 Å². The predicted molar refractivity (Wildman–Crippen MR) is 74.8 cm³/mol. The maximum atomic E-state index is 12.0. The molecule has 1 amide bonds. The normalized spacial score (nSPS) is 23.0. The molecule has 0 atom stereocenters. The van der Waals surface area contributed by atoms with Gasteiger partial charge in [-0.15, -0.1) is 0 Å². The van der Waals surface area contributed by atoms with Crippen molar-refractivity contribution in [3.05, 3.63) is 29.8 Å². The van der Waals surface area contributed by atoms with Gasteiger partial charge in [-0.3, -0.25) is 4.79 Å². The average Bonchev–Trinajstić information content (AvgIpc) is 2.41. The van der Waals surface area contributed by atoms with Crippen molar-refractivity contribution in [2.45, 2.75) is 38.1 Å². The number of nitrogens with two attached hydrogens (primary N) is 1. The lowest BCUT2D eigenvalue weighted by Crippen LogP contribution is -2.37. The fraction of sp³-hybridized carbons (Fsp3) is 0.533. The van der Waals surface area contributed by atoms with Crippen LogP contribution in [0.2, 0.25) is 0 Å². The number of carbonyl (C=O) groups excluding carboxylic acids is 1. The van der Waals surface area contributed by atoms with E-state index in [1.165, 1.54) is 0 Å². The largest absolute Gasteiger partial charge is 0.508 e. The first-order valence-corrected chi connectivity index (χ1v) is 6.96. The highest BCUT2D eigenvalue weighted by Gasteiger charge is 2.23. The number of amides is 1. The number of phenols is 1. The van der Waals surface area contributed by atoms with Gasteiger partial charge in [0, 0.05) is 18.5 Å². The fourth-order valence-electron chi connectivity index (χ4n) is 2.52. The second-order valence-electron chi connectivity index (χ2n) is 5.32. The molecule has 4 nitrogen and oxygen atoms in total. The van der Waals surface area contributed by atoms with Crippen LogP contribution in [0.25, 0.3) is 0 Å². The van der Waals surface area contributed by atoms with Crippen LogP contribution in [0.1, 0.15) is 31.2 Å². The lowest BCUT2D eigenvalue weighted by molar-refractivity contribution is -0.125. The van der Waals surface area contributed by atoms with Gasteiger partial charge in [-0.05, 0) is 49.8 Å². The van der Waals surface area contributed by atoms with Crippen molar-refractivity contribution in [3.8, 4) is 5.75 Å². The summed E-state index contributed by atoms with van der Waals surface area (Å²) in [6.07, 6.45) is 4.52. The number of aromatic hydroxyl groups is 1. The molecule has 0 bridgehead atoms. The first-order valence-electron chi connectivity index (χ1n) is 6.96. The molecule has 1 aromatic carbocycles. The number of rotatable bonds is 4. The molecule has 0 spiro atoms. The monoisotopic (exact) mass is 262 g/mol. The Morgan fingerprint density at radius 1 is 1.21 bits per heavy atom. The summed E-state index contributed by atoms with van der Waals surface area (Å²) < 4.78 is 0. The van der Waals surface area contributed by atoms with Crippen molar-refractivity contribution < 1.29 is 9.90 Å². The summed E-state index contributed by atoms with van der Waals surface area (Å²) >= 11 is 0. The molecule has 4 N–H and O–H groups in total. The number of phenolic OH excluding ortho intramolecular Hbond substituents is 1. The molecule has 0 heterocycles. The Balaban J connectivity index is 1.70. The molecule has 1 aliphatic carbocycles. The van der Waals surface area contributed by atoms with Crippen molar-refractivity contribution >= 4 is 5.91 Å². The second kappa shape index (κ2) is 6.57. The molecule has 0 radical (unpaired) electrons. The summed E-state index contributed by atoms with van der Waals surface area (Å²) in [5.74, 6) is 0.566. The molecular weight excluding hydrogens is 240 g/mol. The van der Waals surface area contributed by atoms with Gasteiger partial charge in [0.05, 0.1) is 0 Å². The minimum Gasteiger partial charge on any atom is -0.508 e. The molecule has 0 unspecified atom stereocenters. The van der Waals surface area contributed by atoms with Crippen molar-refractivity contribution in [2.24, 2.45) is 11.7 Å². The number of nitrogens with one attached hydrogen (secondary N) is 1. The van der Waals surface area contributed by atoms with E-state index < -0.39 is 0 Å². The highest BCUT2D eigenvalue weighted by Crippen LogP contribution is 2.23. The second-order valence-corrected chi connectivity index (χ2v) is 5.32. The molecule has 1 saturated carbocycles. The average molecular weight is 262 g/mol. The Bertz CT molecular complexity index is 409. The molecule has 19 heavy (non-hydrogen) atoms. The Morgan fingerprint density at radius 3 is 2.47 bits per heavy atom. The van der Waals surface area contributed by atoms with E-state index in [0.717, 1.165) is 37.7 Å². The predicted octanol–water partition coefficient (Wildman–Crippen LogP) is 1.57. The van der Waals surface area contributed by atoms with Gasteiger partial charge >= 0.3 is 0 Å². The number of hydrogen-bond acceptors (Lipinski definition) is 3. The van der Waals surface area contributed by atoms with Crippen molar-refractivity contribution in [3.63, 3.8) is 0 Å². The third-order valence-electron chi connectivity index (χ3n) is 3.79. The van der Waals surface area contributed by atoms with E-state index in [9.17, 15) is 9.90 Å². The fourth-order valence-corrected chi connectivity index (χ4v) is 2.52. The molecule has 1 fully saturated rings. The summed E-state index contributed by atoms with van der Waals surface area (Å²) in [5, 5.41) is 12.2. The standard InChI is InChI=1S/C15H22N2O2/c16-13-5-3-12(4-6-13)15(19)17-10-9-11-1-7-14(18)8-2-11/h1-2,7-8,12-13,18H,3-6,9-10,16H2,(H,17,19). The number of carbonyl (C=O) groups is 1. The summed E-state index contributed by atoms with van der Waals surface area (Å²) in [6, 6.07) is 7.36. The summed E-state index contributed by atoms with van der Waals surface area (Å²) in [4.78, 5) is 12.0. The Morgan fingerprint density at radius 2 is 1.84 bits per heavy atom. The molecule has 4 heteroatoms. The van der Waals surface area contributed by atoms with Crippen molar-refractivity contribution in [1.29, 1.82) is 0 Å². The summed E-state index contributed by atoms with van der Waals surface area (Å²) in [6.45, 7) is 0.645. The highest BCUT2D eigenvalue weighted by molar-refractivity contribution is 5.78. The van der Waals surface area contributed by atoms with Crippen LogP contribution in [0.5, 0.6) is 5.75 Å². The van der Waals surface area contributed by atoms with E-state index in [1.807, 2.05) is 12.1 Å². The Kier molecular flexibility index (Phi) is 4.80. The van der Waals surface area contributed by atoms with Crippen LogP contribution in [0.3, 0.4) is 0 Å². The van der Waals surface area contributed by atoms with Gasteiger partial charge in [0.2, 0.25) is 5.91 Å². The summed E-state index contributed by atoms with van der Waals surface area (Å²) in [7, 11) is 0. The molecule has 1 aromatic rings. The van der Waals surface area contributed by atoms with Gasteiger partial charge in [0.25, 0.3) is 0 Å². The zero-order valence-corrected chi connectivity index (χ0v) is 11.1. The smallest absolute Gasteiger partial charge is 0.223 e. The molecular formula is C15H22N2O2. The third kappa shape index (κ3) is 4.24. The van der Waals surface area contributed by atoms with Crippen LogP contribution < -0.4 is 11.1 Å². The van der Waals surface area contributed by atoms with Gasteiger partial charge in [0.1, 0.15) is 5.75 Å². The molecule has 104 valence electrons. The van der Waals surface area contributed by atoms with Crippen LogP contribution >= 0.6 is 0 Å². The van der Waals surface area contributed by atoms with E-state index in [2.05, 4.69) is 5.32 Å². The van der Waals surface area contributed by atoms with Gasteiger partial charge in [-0.1, -0.05) is 12.1 Å². The van der Waals surface area contributed by atoms with E-state index in [0.29, 0.717) is 6.54 Å². The highest BCUT2D eigenvalue weighted by atomic mass is 16.3. The Hall–Kier alpha value is -1.55. The summed E-state index contributed by atoms with van der Waals surface area (Å²) in [5.41, 5.74) is 6.95. The molecule has 0 aliphatic heterocycles. The van der Waals surface area contributed by atoms with Crippen LogP contribution in [0.15, 0.2) is 24.3 Å². The number of hydrogen-bond donors (Lipinski definition) is 3. The Labute approximate surface area is 114 Å². The van der Waals surface area contributed by atoms with Crippen LogP contribution in [-0.2, 0) is 11.2 Å². The topological polar surface area (TPSA) is 75.4 Å². The SMILES string of the molecule is NC1CCC(C(=O)NCCc2ccc(O)cc2)CC1. The van der Waals surface area contributed by atoms with E-state index in [4.69, 9.17) is 5.73 Å². The van der Waals surface area contributed by atoms with E-state index in [1.54, 1.807) is 12.1 Å². The molecule has 0 aromatic heterocycles. The zero-order valence-electron chi connectivity index (χ0n) is 11.1. The first-order chi connectivity index (χ1) is 9.15. The van der Waals surface area contributed by atoms with Gasteiger partial charge in [0.15, 0.2) is 0 Å².